The Balaban J connectivity index is 2.42. The number of aryl methyl sites for hydroxylation is 1. The SMILES string of the molecule is CCCn1ncnc1CN(C)CCC(C)Br. The molecule has 0 saturated heterocycles. The Labute approximate surface area is 106 Å². The van der Waals surface area contributed by atoms with Crippen molar-refractivity contribution < 1.29 is 0 Å². The normalized spacial score (nSPS) is 13.3. The zero-order valence-electron chi connectivity index (χ0n) is 10.4. The summed E-state index contributed by atoms with van der Waals surface area (Å²) in [6.07, 6.45) is 3.89. The van der Waals surface area contributed by atoms with Crippen LogP contribution in [0.2, 0.25) is 0 Å². The maximum atomic E-state index is 4.30. The number of halogens is 1. The third-order valence-electron chi connectivity index (χ3n) is 2.45. The van der Waals surface area contributed by atoms with Crippen molar-refractivity contribution in [2.45, 2.75) is 44.6 Å². The van der Waals surface area contributed by atoms with E-state index in [1.165, 1.54) is 0 Å². The molecule has 92 valence electrons. The highest BCUT2D eigenvalue weighted by atomic mass is 79.9. The zero-order chi connectivity index (χ0) is 12.0. The summed E-state index contributed by atoms with van der Waals surface area (Å²) in [5.74, 6) is 1.06. The highest BCUT2D eigenvalue weighted by Crippen LogP contribution is 2.06. The van der Waals surface area contributed by atoms with Crippen LogP contribution in [0, 0.1) is 0 Å². The molecule has 16 heavy (non-hydrogen) atoms. The Hall–Kier alpha value is -0.420. The Kier molecular flexibility index (Phi) is 5.98. The molecule has 1 atom stereocenters. The molecular formula is C11H21BrN4. The van der Waals surface area contributed by atoms with Crippen LogP contribution in [0.5, 0.6) is 0 Å². The second-order valence-electron chi connectivity index (χ2n) is 4.21. The third-order valence-corrected chi connectivity index (χ3v) is 2.91. The van der Waals surface area contributed by atoms with E-state index in [1.54, 1.807) is 6.33 Å². The molecule has 0 aromatic carbocycles. The van der Waals surface area contributed by atoms with Crippen molar-refractivity contribution in [2.75, 3.05) is 13.6 Å². The Bertz CT molecular complexity index is 298. The number of hydrogen-bond donors (Lipinski definition) is 0. The molecule has 0 aliphatic rings. The first-order valence-electron chi connectivity index (χ1n) is 5.82. The van der Waals surface area contributed by atoms with Crippen molar-refractivity contribution in [2.24, 2.45) is 0 Å². The van der Waals surface area contributed by atoms with Crippen LogP contribution in [0.4, 0.5) is 0 Å². The average Bonchev–Trinajstić information content (AvgIpc) is 2.63. The molecule has 4 nitrogen and oxygen atoms in total. The van der Waals surface area contributed by atoms with Crippen LogP contribution >= 0.6 is 15.9 Å². The van der Waals surface area contributed by atoms with Gasteiger partial charge in [-0.15, -0.1) is 0 Å². The number of rotatable bonds is 7. The molecular weight excluding hydrogens is 268 g/mol. The fourth-order valence-corrected chi connectivity index (χ4v) is 1.73. The Morgan fingerprint density at radius 2 is 2.31 bits per heavy atom. The van der Waals surface area contributed by atoms with Gasteiger partial charge in [0.15, 0.2) is 0 Å². The van der Waals surface area contributed by atoms with Gasteiger partial charge in [0, 0.05) is 11.4 Å². The van der Waals surface area contributed by atoms with Crippen LogP contribution in [-0.2, 0) is 13.1 Å². The topological polar surface area (TPSA) is 34.0 Å². The predicted octanol–water partition coefficient (Wildman–Crippen LogP) is 2.29. The van der Waals surface area contributed by atoms with Gasteiger partial charge >= 0.3 is 0 Å². The minimum Gasteiger partial charge on any atom is -0.299 e. The van der Waals surface area contributed by atoms with Crippen LogP contribution in [0.1, 0.15) is 32.5 Å². The Morgan fingerprint density at radius 1 is 1.56 bits per heavy atom. The average molecular weight is 289 g/mol. The molecule has 1 heterocycles. The van der Waals surface area contributed by atoms with E-state index in [1.807, 2.05) is 4.68 Å². The molecule has 1 aromatic heterocycles. The lowest BCUT2D eigenvalue weighted by Gasteiger charge is -2.17. The van der Waals surface area contributed by atoms with Crippen molar-refractivity contribution >= 4 is 15.9 Å². The molecule has 5 heteroatoms. The van der Waals surface area contributed by atoms with Crippen molar-refractivity contribution in [3.63, 3.8) is 0 Å². The first-order chi connectivity index (χ1) is 7.63. The molecule has 0 aliphatic carbocycles. The van der Waals surface area contributed by atoms with Gasteiger partial charge in [0.05, 0.1) is 6.54 Å². The van der Waals surface area contributed by atoms with E-state index in [9.17, 15) is 0 Å². The number of aromatic nitrogens is 3. The van der Waals surface area contributed by atoms with Gasteiger partial charge in [-0.3, -0.25) is 4.90 Å². The minimum absolute atomic E-state index is 0.573. The summed E-state index contributed by atoms with van der Waals surface area (Å²) in [6, 6.07) is 0. The first kappa shape index (κ1) is 13.6. The zero-order valence-corrected chi connectivity index (χ0v) is 11.9. The fourth-order valence-electron chi connectivity index (χ4n) is 1.53. The van der Waals surface area contributed by atoms with Gasteiger partial charge < -0.3 is 0 Å². The van der Waals surface area contributed by atoms with Crippen LogP contribution in [0.15, 0.2) is 6.33 Å². The van der Waals surface area contributed by atoms with E-state index in [0.29, 0.717) is 4.83 Å². The van der Waals surface area contributed by atoms with Crippen LogP contribution in [0.25, 0.3) is 0 Å². The monoisotopic (exact) mass is 288 g/mol. The summed E-state index contributed by atoms with van der Waals surface area (Å²) >= 11 is 3.56. The summed E-state index contributed by atoms with van der Waals surface area (Å²) in [6.45, 7) is 7.23. The first-order valence-corrected chi connectivity index (χ1v) is 6.74. The summed E-state index contributed by atoms with van der Waals surface area (Å²) in [5, 5.41) is 4.22. The van der Waals surface area contributed by atoms with Gasteiger partial charge in [0.25, 0.3) is 0 Å². The minimum atomic E-state index is 0.573. The molecule has 0 bridgehead atoms. The van der Waals surface area contributed by atoms with Crippen molar-refractivity contribution in [1.29, 1.82) is 0 Å². The highest BCUT2D eigenvalue weighted by Gasteiger charge is 2.07. The second kappa shape index (κ2) is 7.01. The van der Waals surface area contributed by atoms with Gasteiger partial charge in [0.2, 0.25) is 0 Å². The smallest absolute Gasteiger partial charge is 0.140 e. The van der Waals surface area contributed by atoms with E-state index in [-0.39, 0.29) is 0 Å². The fraction of sp³-hybridized carbons (Fsp3) is 0.818. The lowest BCUT2D eigenvalue weighted by atomic mass is 10.3. The van der Waals surface area contributed by atoms with Gasteiger partial charge in [-0.2, -0.15) is 5.10 Å². The number of nitrogens with zero attached hydrogens (tertiary/aromatic N) is 4. The van der Waals surface area contributed by atoms with E-state index < -0.39 is 0 Å². The van der Waals surface area contributed by atoms with Gasteiger partial charge in [-0.05, 0) is 26.4 Å². The van der Waals surface area contributed by atoms with Crippen LogP contribution in [-0.4, -0.2) is 38.1 Å². The lowest BCUT2D eigenvalue weighted by molar-refractivity contribution is 0.306. The summed E-state index contributed by atoms with van der Waals surface area (Å²) in [4.78, 5) is 7.16. The number of hydrogen-bond acceptors (Lipinski definition) is 3. The van der Waals surface area contributed by atoms with E-state index in [4.69, 9.17) is 0 Å². The molecule has 0 amide bonds. The quantitative estimate of drug-likeness (QED) is 0.722. The molecule has 0 saturated carbocycles. The van der Waals surface area contributed by atoms with Crippen LogP contribution < -0.4 is 0 Å². The largest absolute Gasteiger partial charge is 0.299 e. The highest BCUT2D eigenvalue weighted by molar-refractivity contribution is 9.09. The summed E-state index contributed by atoms with van der Waals surface area (Å²) < 4.78 is 1.99. The molecule has 0 spiro atoms. The Morgan fingerprint density at radius 3 is 2.94 bits per heavy atom. The summed E-state index contributed by atoms with van der Waals surface area (Å²) in [7, 11) is 2.13. The molecule has 0 aliphatic heterocycles. The maximum Gasteiger partial charge on any atom is 0.140 e. The summed E-state index contributed by atoms with van der Waals surface area (Å²) in [5.41, 5.74) is 0. The van der Waals surface area contributed by atoms with Gasteiger partial charge in [0.1, 0.15) is 12.2 Å². The van der Waals surface area contributed by atoms with Gasteiger partial charge in [-0.25, -0.2) is 9.67 Å². The molecule has 1 aromatic rings. The van der Waals surface area contributed by atoms with Crippen LogP contribution in [0.3, 0.4) is 0 Å². The third kappa shape index (κ3) is 4.61. The van der Waals surface area contributed by atoms with Crippen molar-refractivity contribution in [3.05, 3.63) is 12.2 Å². The van der Waals surface area contributed by atoms with E-state index in [2.05, 4.69) is 51.8 Å². The molecule has 0 N–H and O–H groups in total. The van der Waals surface area contributed by atoms with Crippen molar-refractivity contribution in [1.82, 2.24) is 19.7 Å². The van der Waals surface area contributed by atoms with E-state index in [0.717, 1.165) is 38.3 Å². The van der Waals surface area contributed by atoms with Gasteiger partial charge in [-0.1, -0.05) is 29.8 Å². The second-order valence-corrected chi connectivity index (χ2v) is 5.77. The van der Waals surface area contributed by atoms with E-state index >= 15 is 0 Å². The predicted molar refractivity (Wildman–Crippen MR) is 69.7 cm³/mol. The maximum absolute atomic E-state index is 4.30. The number of alkyl halides is 1. The molecule has 0 radical (unpaired) electrons. The molecule has 1 rings (SSSR count). The molecule has 0 fully saturated rings. The van der Waals surface area contributed by atoms with Crippen molar-refractivity contribution in [3.8, 4) is 0 Å². The molecule has 1 unspecified atom stereocenters. The standard InChI is InChI=1S/C11H21BrN4/c1-4-6-16-11(13-9-14-16)8-15(3)7-5-10(2)12/h9-10H,4-8H2,1-3H3. The lowest BCUT2D eigenvalue weighted by Crippen LogP contribution is -2.23.